The molecular weight excluding hydrogens is 878 g/mol. The Morgan fingerprint density at radius 3 is 1.10 bits per heavy atom. The average molecular weight is 890 g/mol. The third kappa shape index (κ3) is 9.45. The molecule has 0 aliphatic carbocycles. The van der Waals surface area contributed by atoms with Gasteiger partial charge in [-0.3, -0.25) is 18.2 Å². The molecule has 0 aliphatic rings. The summed E-state index contributed by atoms with van der Waals surface area (Å²) in [6.07, 6.45) is 0. The molecule has 0 saturated heterocycles. The fraction of sp³-hybridized carbons (Fsp3) is 0. The van der Waals surface area contributed by atoms with Gasteiger partial charge < -0.3 is 10.2 Å². The number of azo groups is 2. The molecule has 48 heavy (non-hydrogen) atoms. The minimum Gasteiger partial charge on any atom is -0.871 e. The van der Waals surface area contributed by atoms with Crippen LogP contribution in [0.25, 0.3) is 10.8 Å². The monoisotopic (exact) mass is 888 g/mol. The van der Waals surface area contributed by atoms with E-state index >= 15 is 0 Å². The zero-order valence-corrected chi connectivity index (χ0v) is 34.1. The molecule has 4 N–H and O–H groups in total. The molecule has 0 spiro atoms. The van der Waals surface area contributed by atoms with Crippen LogP contribution < -0.4 is 69.3 Å². The molecule has 26 heteroatoms. The van der Waals surface area contributed by atoms with Crippen LogP contribution in [0.4, 0.5) is 22.7 Å². The van der Waals surface area contributed by atoms with E-state index in [2.05, 4.69) is 52.3 Å². The predicted molar refractivity (Wildman–Crippen MR) is 159 cm³/mol. The van der Waals surface area contributed by atoms with Crippen LogP contribution in [0, 0.1) is 0 Å². The molecule has 18 nitrogen and oxygen atoms in total. The van der Waals surface area contributed by atoms with E-state index in [1.54, 1.807) is 0 Å². The molecule has 244 valence electrons. The molecule has 4 aromatic rings. The Kier molecular flexibility index (Phi) is 13.7. The van der Waals surface area contributed by atoms with Crippen LogP contribution in [-0.4, -0.2) is 51.9 Å². The van der Waals surface area contributed by atoms with Crippen LogP contribution >= 0.6 is 31.9 Å². The van der Waals surface area contributed by atoms with E-state index in [1.807, 2.05) is 0 Å². The molecule has 0 aliphatic heterocycles. The molecule has 0 atom stereocenters. The molecule has 4 aromatic carbocycles. The van der Waals surface area contributed by atoms with Crippen molar-refractivity contribution in [2.45, 2.75) is 19.6 Å². The van der Waals surface area contributed by atoms with Crippen molar-refractivity contribution in [2.24, 2.45) is 20.5 Å². The van der Waals surface area contributed by atoms with Crippen molar-refractivity contribution in [3.05, 3.63) is 57.5 Å². The SMILES string of the molecule is O=S(=O)(O)c1cc(Br)ccc1N=Nc1c(S(=O)(=O)O)cc2cc(S(=O)(=O)O)c(N=Nc3ccc(Br)cc3S(=O)(=O)O)c([O-])c2c1[O-].[Na+].[Na+]. The van der Waals surface area contributed by atoms with Crippen molar-refractivity contribution in [3.63, 3.8) is 0 Å². The topological polar surface area (TPSA) is 313 Å². The average Bonchev–Trinajstić information content (AvgIpc) is 2.90. The normalized spacial score (nSPS) is 12.7. The van der Waals surface area contributed by atoms with Crippen molar-refractivity contribution >= 4 is 106 Å². The number of benzene rings is 4. The Bertz CT molecular complexity index is 2310. The predicted octanol–water partition coefficient (Wildman–Crippen LogP) is -1.66. The van der Waals surface area contributed by atoms with Crippen LogP contribution in [0.1, 0.15) is 0 Å². The quantitative estimate of drug-likeness (QED) is 0.0875. The van der Waals surface area contributed by atoms with Crippen molar-refractivity contribution in [3.8, 4) is 11.5 Å². The first-order chi connectivity index (χ1) is 21.0. The van der Waals surface area contributed by atoms with Gasteiger partial charge in [0.2, 0.25) is 0 Å². The molecule has 0 heterocycles. The van der Waals surface area contributed by atoms with Crippen molar-refractivity contribution in [1.29, 1.82) is 0 Å². The first-order valence-electron chi connectivity index (χ1n) is 11.3. The van der Waals surface area contributed by atoms with Crippen LogP contribution in [0.2, 0.25) is 0 Å². The maximum Gasteiger partial charge on any atom is 1.00 e. The van der Waals surface area contributed by atoms with E-state index < -0.39 is 105 Å². The van der Waals surface area contributed by atoms with Crippen LogP contribution in [0.3, 0.4) is 0 Å². The number of fused-ring (bicyclic) bond motifs is 1. The minimum atomic E-state index is -5.41. The summed E-state index contributed by atoms with van der Waals surface area (Å²) >= 11 is 5.95. The van der Waals surface area contributed by atoms with Crippen molar-refractivity contribution in [2.75, 3.05) is 0 Å². The number of hydrogen-bond acceptors (Lipinski definition) is 14. The standard InChI is InChI=1S/C22H14Br2N4O14S4.2Na/c23-10-1-3-12(14(7-10)43(31,32)33)25-27-19-16(45(37,38)39)5-9-6-17(46(40,41)42)20(22(30)18(9)21(19)29)28-26-13-4-2-11(24)8-15(13)44(34,35)36;;/h1-8,29-30H,(H,31,32,33)(H,34,35,36)(H,37,38,39)(H,40,41,42);;/q;2*+1/p-2. The summed E-state index contributed by atoms with van der Waals surface area (Å²) in [5.41, 5.74) is -3.82. The van der Waals surface area contributed by atoms with Gasteiger partial charge in [-0.2, -0.15) is 33.7 Å². The third-order valence-electron chi connectivity index (χ3n) is 5.68. The minimum absolute atomic E-state index is 0. The second kappa shape index (κ2) is 15.4. The second-order valence-electron chi connectivity index (χ2n) is 8.73. The maximum atomic E-state index is 13.5. The van der Waals surface area contributed by atoms with E-state index in [9.17, 15) is 62.1 Å². The molecular formula is C22H12Br2N4Na2O14S4. The molecule has 0 unspecified atom stereocenters. The Balaban J connectivity index is 0.00000400. The summed E-state index contributed by atoms with van der Waals surface area (Å²) in [5.74, 6) is -3.24. The van der Waals surface area contributed by atoms with Gasteiger partial charge in [-0.25, -0.2) is 0 Å². The summed E-state index contributed by atoms with van der Waals surface area (Å²) in [6, 6.07) is 7.04. The number of hydrogen-bond donors (Lipinski definition) is 4. The van der Waals surface area contributed by atoms with Gasteiger partial charge in [0.1, 0.15) is 31.0 Å². The van der Waals surface area contributed by atoms with E-state index in [0.717, 1.165) is 24.3 Å². The molecule has 0 fully saturated rings. The second-order valence-corrected chi connectivity index (χ2v) is 16.1. The number of halogens is 2. The molecule has 0 bridgehead atoms. The van der Waals surface area contributed by atoms with E-state index in [1.165, 1.54) is 12.1 Å². The van der Waals surface area contributed by atoms with Gasteiger partial charge in [0, 0.05) is 8.95 Å². The summed E-state index contributed by atoms with van der Waals surface area (Å²) in [4.78, 5) is -4.37. The Morgan fingerprint density at radius 2 is 0.812 bits per heavy atom. The van der Waals surface area contributed by atoms with Crippen LogP contribution in [0.5, 0.6) is 11.5 Å². The molecule has 0 amide bonds. The zero-order valence-electron chi connectivity index (χ0n) is 23.7. The van der Waals surface area contributed by atoms with Crippen LogP contribution in [0.15, 0.2) is 97.5 Å². The van der Waals surface area contributed by atoms with Gasteiger partial charge >= 0.3 is 59.1 Å². The number of nitrogens with zero attached hydrogens (tertiary/aromatic N) is 4. The van der Waals surface area contributed by atoms with Gasteiger partial charge in [0.15, 0.2) is 0 Å². The van der Waals surface area contributed by atoms with Crippen molar-refractivity contribution in [1.82, 2.24) is 0 Å². The first-order valence-corrected chi connectivity index (χ1v) is 18.7. The Morgan fingerprint density at radius 1 is 0.500 bits per heavy atom. The fourth-order valence-corrected chi connectivity index (χ4v) is 7.41. The largest absolute Gasteiger partial charge is 1.00 e. The Labute approximate surface area is 332 Å². The summed E-state index contributed by atoms with van der Waals surface area (Å²) in [6.45, 7) is 0. The van der Waals surface area contributed by atoms with Crippen molar-refractivity contribution < 1.29 is 121 Å². The maximum absolute atomic E-state index is 13.5. The van der Waals surface area contributed by atoms with Gasteiger partial charge in [0.25, 0.3) is 40.5 Å². The third-order valence-corrected chi connectivity index (χ3v) is 10.2. The number of rotatable bonds is 8. The fourth-order valence-electron chi connectivity index (χ4n) is 3.78. The summed E-state index contributed by atoms with van der Waals surface area (Å²) < 4.78 is 135. The van der Waals surface area contributed by atoms with Crippen LogP contribution in [-0.2, 0) is 40.5 Å². The smallest absolute Gasteiger partial charge is 0.871 e. The first kappa shape index (κ1) is 42.7. The van der Waals surface area contributed by atoms with E-state index in [4.69, 9.17) is 0 Å². The van der Waals surface area contributed by atoms with Gasteiger partial charge in [-0.1, -0.05) is 43.4 Å². The molecule has 0 saturated carbocycles. The van der Waals surface area contributed by atoms with Gasteiger partial charge in [0.05, 0.1) is 11.4 Å². The zero-order chi connectivity index (χ0) is 34.6. The van der Waals surface area contributed by atoms with E-state index in [-0.39, 0.29) is 68.1 Å². The van der Waals surface area contributed by atoms with Gasteiger partial charge in [-0.15, -0.1) is 20.5 Å². The Hall–Kier alpha value is -1.46. The summed E-state index contributed by atoms with van der Waals surface area (Å²) in [7, 11) is -20.7. The molecule has 4 rings (SSSR count). The molecule has 0 aromatic heterocycles. The van der Waals surface area contributed by atoms with E-state index in [0.29, 0.717) is 12.1 Å². The summed E-state index contributed by atoms with van der Waals surface area (Å²) in [5, 5.41) is 38.9. The molecule has 0 radical (unpaired) electrons. The van der Waals surface area contributed by atoms with Gasteiger partial charge in [-0.05, 0) is 59.3 Å².